The van der Waals surface area contributed by atoms with Gasteiger partial charge in [-0.1, -0.05) is 5.92 Å². The van der Waals surface area contributed by atoms with Crippen LogP contribution in [0.5, 0.6) is 0 Å². The van der Waals surface area contributed by atoms with Crippen molar-refractivity contribution < 1.29 is 27.9 Å². The molecule has 90 valence electrons. The van der Waals surface area contributed by atoms with E-state index in [1.807, 2.05) is 11.2 Å². The molecule has 0 fully saturated rings. The Balaban J connectivity index is 4.79. The Hall–Kier alpha value is -1.91. The van der Waals surface area contributed by atoms with Crippen molar-refractivity contribution in [1.29, 1.82) is 0 Å². The lowest BCUT2D eigenvalue weighted by Gasteiger charge is -2.28. The van der Waals surface area contributed by atoms with Crippen LogP contribution in [0.2, 0.25) is 0 Å². The second-order valence-corrected chi connectivity index (χ2v) is 2.94. The first-order valence-electron chi connectivity index (χ1n) is 3.94. The molecular weight excluding hydrogens is 229 g/mol. The van der Waals surface area contributed by atoms with Gasteiger partial charge >= 0.3 is 18.2 Å². The van der Waals surface area contributed by atoms with E-state index in [1.165, 1.54) is 5.32 Å². The first kappa shape index (κ1) is 14.1. The number of hydrogen-bond acceptors (Lipinski definition) is 2. The molecule has 0 saturated carbocycles. The molecule has 5 nitrogen and oxygen atoms in total. The summed E-state index contributed by atoms with van der Waals surface area (Å²) < 4.78 is 37.1. The second-order valence-electron chi connectivity index (χ2n) is 2.94. The maximum Gasteiger partial charge on any atom is 0.422 e. The van der Waals surface area contributed by atoms with E-state index in [0.717, 1.165) is 0 Å². The zero-order chi connectivity index (χ0) is 13.0. The summed E-state index contributed by atoms with van der Waals surface area (Å²) in [6.45, 7) is 0.0319. The van der Waals surface area contributed by atoms with Crippen molar-refractivity contribution in [2.45, 2.75) is 18.6 Å². The molecule has 1 atom stereocenters. The van der Waals surface area contributed by atoms with E-state index >= 15 is 0 Å². The number of hydrogen-bond donors (Lipinski definition) is 3. The van der Waals surface area contributed by atoms with Gasteiger partial charge in [0, 0.05) is 0 Å². The molecule has 0 aliphatic heterocycles. The molecule has 2 amide bonds. The van der Waals surface area contributed by atoms with Crippen molar-refractivity contribution in [3.05, 3.63) is 0 Å². The number of alkyl halides is 3. The van der Waals surface area contributed by atoms with Crippen molar-refractivity contribution in [3.63, 3.8) is 0 Å². The van der Waals surface area contributed by atoms with E-state index in [0.29, 0.717) is 6.92 Å². The van der Waals surface area contributed by atoms with Gasteiger partial charge in [-0.2, -0.15) is 13.2 Å². The normalized spacial score (nSPS) is 14.4. The largest absolute Gasteiger partial charge is 0.479 e. The Morgan fingerprint density at radius 3 is 2.25 bits per heavy atom. The fourth-order valence-electron chi connectivity index (χ4n) is 0.648. The maximum atomic E-state index is 12.4. The number of urea groups is 1. The minimum atomic E-state index is -5.12. The van der Waals surface area contributed by atoms with Gasteiger partial charge in [-0.05, 0) is 6.92 Å². The SMILES string of the molecule is C#CCNC(=O)NC(C)(C(=O)O)C(F)(F)F. The topological polar surface area (TPSA) is 78.4 Å². The zero-order valence-electron chi connectivity index (χ0n) is 8.18. The minimum Gasteiger partial charge on any atom is -0.479 e. The number of carbonyl (C=O) groups is 2. The van der Waals surface area contributed by atoms with E-state index in [4.69, 9.17) is 11.5 Å². The van der Waals surface area contributed by atoms with Crippen LogP contribution < -0.4 is 10.6 Å². The highest BCUT2D eigenvalue weighted by atomic mass is 19.4. The first-order chi connectivity index (χ1) is 7.15. The summed E-state index contributed by atoms with van der Waals surface area (Å²) in [5.74, 6) is -0.260. The van der Waals surface area contributed by atoms with Crippen LogP contribution in [0, 0.1) is 12.3 Å². The number of halogens is 3. The highest BCUT2D eigenvalue weighted by molar-refractivity contribution is 5.86. The van der Waals surface area contributed by atoms with E-state index in [9.17, 15) is 22.8 Å². The number of rotatable bonds is 3. The number of nitrogens with one attached hydrogen (secondary N) is 2. The molecule has 0 aromatic heterocycles. The smallest absolute Gasteiger partial charge is 0.422 e. The summed E-state index contributed by atoms with van der Waals surface area (Å²) in [7, 11) is 0. The van der Waals surface area contributed by atoms with Gasteiger partial charge in [0.15, 0.2) is 0 Å². The molecule has 0 rings (SSSR count). The Bertz CT molecular complexity index is 334. The third kappa shape index (κ3) is 3.05. The van der Waals surface area contributed by atoms with Gasteiger partial charge in [0.25, 0.3) is 0 Å². The standard InChI is InChI=1S/C8H9F3N2O3/c1-3-4-12-6(16)13-7(2,5(14)15)8(9,10)11/h1H,4H2,2H3,(H,14,15)(H2,12,13,16). The summed E-state index contributed by atoms with van der Waals surface area (Å²) in [4.78, 5) is 21.4. The van der Waals surface area contributed by atoms with Gasteiger partial charge in [0.1, 0.15) is 0 Å². The van der Waals surface area contributed by atoms with Crippen LogP contribution in [0.25, 0.3) is 0 Å². The lowest BCUT2D eigenvalue weighted by Crippen LogP contribution is -2.63. The van der Waals surface area contributed by atoms with Crippen LogP contribution in [-0.2, 0) is 4.79 Å². The van der Waals surface area contributed by atoms with Crippen LogP contribution in [-0.4, -0.2) is 35.4 Å². The molecule has 1 unspecified atom stereocenters. The highest BCUT2D eigenvalue weighted by Crippen LogP contribution is 2.30. The minimum absolute atomic E-state index is 0.306. The lowest BCUT2D eigenvalue weighted by atomic mass is 10.0. The van der Waals surface area contributed by atoms with E-state index < -0.39 is 23.7 Å². The first-order valence-corrected chi connectivity index (χ1v) is 3.94. The van der Waals surface area contributed by atoms with Gasteiger partial charge in [-0.3, -0.25) is 0 Å². The summed E-state index contributed by atoms with van der Waals surface area (Å²) in [5, 5.41) is 11.6. The predicted molar refractivity (Wildman–Crippen MR) is 47.5 cm³/mol. The van der Waals surface area contributed by atoms with Gasteiger partial charge < -0.3 is 15.7 Å². The molecule has 0 spiro atoms. The fourth-order valence-corrected chi connectivity index (χ4v) is 0.648. The highest BCUT2D eigenvalue weighted by Gasteiger charge is 2.58. The van der Waals surface area contributed by atoms with Crippen molar-refractivity contribution in [2.75, 3.05) is 6.54 Å². The lowest BCUT2D eigenvalue weighted by molar-refractivity contribution is -0.203. The molecule has 8 heteroatoms. The average Bonchev–Trinajstić information content (AvgIpc) is 2.12. The fraction of sp³-hybridized carbons (Fsp3) is 0.500. The summed E-state index contributed by atoms with van der Waals surface area (Å²) in [5.41, 5.74) is -3.36. The van der Waals surface area contributed by atoms with Crippen molar-refractivity contribution >= 4 is 12.0 Å². The Labute approximate surface area is 89.0 Å². The molecule has 0 heterocycles. The third-order valence-electron chi connectivity index (χ3n) is 1.71. The van der Waals surface area contributed by atoms with Gasteiger partial charge in [0.05, 0.1) is 6.54 Å². The molecule has 0 aliphatic rings. The van der Waals surface area contributed by atoms with Crippen molar-refractivity contribution in [1.82, 2.24) is 10.6 Å². The third-order valence-corrected chi connectivity index (χ3v) is 1.71. The Morgan fingerprint density at radius 2 is 1.94 bits per heavy atom. The number of carbonyl (C=O) groups excluding carboxylic acids is 1. The molecule has 0 aliphatic carbocycles. The summed E-state index contributed by atoms with van der Waals surface area (Å²) in [6, 6.07) is -1.31. The average molecular weight is 238 g/mol. The molecule has 0 aromatic carbocycles. The zero-order valence-corrected chi connectivity index (χ0v) is 8.18. The molecule has 3 N–H and O–H groups in total. The van der Waals surface area contributed by atoms with Gasteiger partial charge in [-0.15, -0.1) is 6.42 Å². The monoisotopic (exact) mass is 238 g/mol. The Kier molecular flexibility index (Phi) is 4.17. The maximum absolute atomic E-state index is 12.4. The number of amides is 2. The van der Waals surface area contributed by atoms with Gasteiger partial charge in [-0.25, -0.2) is 9.59 Å². The molecule has 0 radical (unpaired) electrons. The second kappa shape index (κ2) is 4.74. The molecule has 16 heavy (non-hydrogen) atoms. The van der Waals surface area contributed by atoms with Crippen molar-refractivity contribution in [2.24, 2.45) is 0 Å². The molecule has 0 bridgehead atoms. The number of aliphatic carboxylic acids is 1. The van der Waals surface area contributed by atoms with Crippen LogP contribution in [0.1, 0.15) is 6.92 Å². The summed E-state index contributed by atoms with van der Waals surface area (Å²) >= 11 is 0. The number of carboxylic acid groups (broad SMARTS) is 1. The number of terminal acetylenes is 1. The van der Waals surface area contributed by atoms with E-state index in [1.54, 1.807) is 0 Å². The van der Waals surface area contributed by atoms with Crippen LogP contribution in [0.4, 0.5) is 18.0 Å². The van der Waals surface area contributed by atoms with E-state index in [-0.39, 0.29) is 6.54 Å². The number of carboxylic acids is 1. The van der Waals surface area contributed by atoms with Crippen LogP contribution in [0.3, 0.4) is 0 Å². The molecular formula is C8H9F3N2O3. The summed E-state index contributed by atoms with van der Waals surface area (Å²) in [6.07, 6.45) is -0.364. The molecule has 0 aromatic rings. The van der Waals surface area contributed by atoms with Gasteiger partial charge in [0.2, 0.25) is 5.54 Å². The van der Waals surface area contributed by atoms with Crippen LogP contribution in [0.15, 0.2) is 0 Å². The van der Waals surface area contributed by atoms with E-state index in [2.05, 4.69) is 0 Å². The van der Waals surface area contributed by atoms with Crippen molar-refractivity contribution in [3.8, 4) is 12.3 Å². The van der Waals surface area contributed by atoms with Crippen LogP contribution >= 0.6 is 0 Å². The Morgan fingerprint density at radius 1 is 1.44 bits per heavy atom. The molecule has 0 saturated heterocycles. The predicted octanol–water partition coefficient (Wildman–Crippen LogP) is 0.324. The quantitative estimate of drug-likeness (QED) is 0.620.